The highest BCUT2D eigenvalue weighted by molar-refractivity contribution is 6.32. The third kappa shape index (κ3) is 3.67. The molecule has 1 N–H and O–H groups in total. The van der Waals surface area contributed by atoms with Crippen LogP contribution in [0.25, 0.3) is 16.9 Å². The molecule has 2 aromatic heterocycles. The normalized spacial score (nSPS) is 10.6. The van der Waals surface area contributed by atoms with Gasteiger partial charge in [-0.3, -0.25) is 9.78 Å². The van der Waals surface area contributed by atoms with Crippen molar-refractivity contribution in [2.45, 2.75) is 0 Å². The maximum atomic E-state index is 12.5. The molecule has 0 fully saturated rings. The van der Waals surface area contributed by atoms with Gasteiger partial charge in [-0.25, -0.2) is 4.68 Å². The van der Waals surface area contributed by atoms with Crippen molar-refractivity contribution in [3.63, 3.8) is 0 Å². The van der Waals surface area contributed by atoms with Gasteiger partial charge in [0, 0.05) is 31.6 Å². The lowest BCUT2D eigenvalue weighted by Gasteiger charge is -2.09. The molecule has 0 bridgehead atoms. The molecular weight excluding hydrogens is 342 g/mol. The van der Waals surface area contributed by atoms with Crippen molar-refractivity contribution in [2.24, 2.45) is 0 Å². The third-order valence-electron chi connectivity index (χ3n) is 3.49. The van der Waals surface area contributed by atoms with Crippen LogP contribution in [0.5, 0.6) is 0 Å². The number of amides is 1. The fourth-order valence-electron chi connectivity index (χ4n) is 2.34. The molecule has 7 nitrogen and oxygen atoms in total. The maximum absolute atomic E-state index is 12.5. The summed E-state index contributed by atoms with van der Waals surface area (Å²) in [5.74, 6) is -0.339. The number of nitrogens with zero attached hydrogens (tertiary/aromatic N) is 4. The number of halogens is 1. The van der Waals surface area contributed by atoms with E-state index < -0.39 is 0 Å². The van der Waals surface area contributed by atoms with Crippen LogP contribution in [0.4, 0.5) is 0 Å². The predicted octanol–water partition coefficient (Wildman–Crippen LogP) is 2.36. The zero-order chi connectivity index (χ0) is 17.6. The highest BCUT2D eigenvalue weighted by Crippen LogP contribution is 2.28. The van der Waals surface area contributed by atoms with Crippen molar-refractivity contribution in [1.29, 1.82) is 0 Å². The van der Waals surface area contributed by atoms with Gasteiger partial charge >= 0.3 is 0 Å². The van der Waals surface area contributed by atoms with Gasteiger partial charge in [0.15, 0.2) is 5.69 Å². The zero-order valence-corrected chi connectivity index (χ0v) is 14.3. The first kappa shape index (κ1) is 17.1. The number of carbonyl (C=O) groups excluding carboxylic acids is 1. The van der Waals surface area contributed by atoms with E-state index in [2.05, 4.69) is 20.6 Å². The number of carbonyl (C=O) groups is 1. The molecule has 0 saturated carbocycles. The zero-order valence-electron chi connectivity index (χ0n) is 13.5. The largest absolute Gasteiger partial charge is 0.383 e. The average molecular weight is 358 g/mol. The summed E-state index contributed by atoms with van der Waals surface area (Å²) in [5.41, 5.74) is 2.07. The number of nitrogens with one attached hydrogen (secondary N) is 1. The van der Waals surface area contributed by atoms with Crippen molar-refractivity contribution in [2.75, 3.05) is 20.3 Å². The van der Waals surface area contributed by atoms with Crippen molar-refractivity contribution in [1.82, 2.24) is 25.3 Å². The second-order valence-corrected chi connectivity index (χ2v) is 5.55. The average Bonchev–Trinajstić information content (AvgIpc) is 3.08. The number of hydrogen-bond donors (Lipinski definition) is 1. The van der Waals surface area contributed by atoms with Crippen LogP contribution in [-0.2, 0) is 4.74 Å². The quantitative estimate of drug-likeness (QED) is 0.685. The van der Waals surface area contributed by atoms with E-state index in [1.54, 1.807) is 36.3 Å². The molecule has 3 rings (SSSR count). The number of rotatable bonds is 6. The number of hydrogen-bond acceptors (Lipinski definition) is 5. The third-order valence-corrected chi connectivity index (χ3v) is 3.81. The molecule has 128 valence electrons. The SMILES string of the molecule is COCCNC(=O)c1nnn(-c2ccccc2Cl)c1-c1cccnc1. The van der Waals surface area contributed by atoms with Crippen LogP contribution in [0.3, 0.4) is 0 Å². The van der Waals surface area contributed by atoms with E-state index >= 15 is 0 Å². The van der Waals surface area contributed by atoms with Crippen LogP contribution in [0.2, 0.25) is 5.02 Å². The Kier molecular flexibility index (Phi) is 5.37. The van der Waals surface area contributed by atoms with Crippen LogP contribution < -0.4 is 5.32 Å². The molecule has 0 aliphatic rings. The van der Waals surface area contributed by atoms with E-state index in [0.717, 1.165) is 0 Å². The minimum absolute atomic E-state index is 0.198. The fourth-order valence-corrected chi connectivity index (χ4v) is 2.55. The van der Waals surface area contributed by atoms with E-state index in [0.29, 0.717) is 35.1 Å². The molecule has 25 heavy (non-hydrogen) atoms. The van der Waals surface area contributed by atoms with Gasteiger partial charge in [-0.2, -0.15) is 0 Å². The Labute approximate surface area is 149 Å². The van der Waals surface area contributed by atoms with Gasteiger partial charge in [0.25, 0.3) is 5.91 Å². The Morgan fingerprint density at radius 3 is 2.84 bits per heavy atom. The monoisotopic (exact) mass is 357 g/mol. The Morgan fingerprint density at radius 1 is 1.28 bits per heavy atom. The van der Waals surface area contributed by atoms with Crippen LogP contribution in [-0.4, -0.2) is 46.1 Å². The summed E-state index contributed by atoms with van der Waals surface area (Å²) in [6.45, 7) is 0.785. The van der Waals surface area contributed by atoms with E-state index in [9.17, 15) is 4.79 Å². The molecule has 0 aliphatic carbocycles. The molecule has 0 spiro atoms. The standard InChI is InChI=1S/C17H16ClN5O2/c1-25-10-9-20-17(24)15-16(12-5-4-8-19-11-12)23(22-21-15)14-7-3-2-6-13(14)18/h2-8,11H,9-10H2,1H3,(H,20,24). The van der Waals surface area contributed by atoms with Crippen molar-refractivity contribution < 1.29 is 9.53 Å². The minimum atomic E-state index is -0.339. The van der Waals surface area contributed by atoms with Gasteiger partial charge in [-0.15, -0.1) is 5.10 Å². The molecule has 8 heteroatoms. The van der Waals surface area contributed by atoms with Crippen LogP contribution in [0.1, 0.15) is 10.5 Å². The Morgan fingerprint density at radius 2 is 2.12 bits per heavy atom. The minimum Gasteiger partial charge on any atom is -0.383 e. The molecule has 1 aromatic carbocycles. The maximum Gasteiger partial charge on any atom is 0.274 e. The molecule has 0 saturated heterocycles. The highest BCUT2D eigenvalue weighted by Gasteiger charge is 2.22. The van der Waals surface area contributed by atoms with Crippen LogP contribution >= 0.6 is 11.6 Å². The second kappa shape index (κ2) is 7.87. The Bertz CT molecular complexity index is 866. The summed E-state index contributed by atoms with van der Waals surface area (Å²) in [5, 5.41) is 11.5. The van der Waals surface area contributed by atoms with E-state index in [-0.39, 0.29) is 11.6 Å². The molecule has 0 unspecified atom stereocenters. The topological polar surface area (TPSA) is 81.9 Å². The van der Waals surface area contributed by atoms with Crippen molar-refractivity contribution in [3.05, 3.63) is 59.5 Å². The van der Waals surface area contributed by atoms with Gasteiger partial charge in [-0.05, 0) is 24.3 Å². The van der Waals surface area contributed by atoms with E-state index in [1.165, 1.54) is 0 Å². The van der Waals surface area contributed by atoms with Gasteiger partial charge in [0.2, 0.25) is 0 Å². The molecular formula is C17H16ClN5O2. The number of methoxy groups -OCH3 is 1. The lowest BCUT2D eigenvalue weighted by atomic mass is 10.1. The fraction of sp³-hybridized carbons (Fsp3) is 0.176. The summed E-state index contributed by atoms with van der Waals surface area (Å²) in [4.78, 5) is 16.6. The van der Waals surface area contributed by atoms with Gasteiger partial charge in [0.05, 0.1) is 17.3 Å². The Balaban J connectivity index is 2.08. The molecule has 0 aliphatic heterocycles. The first-order valence-corrected chi connectivity index (χ1v) is 7.98. The summed E-state index contributed by atoms with van der Waals surface area (Å²) >= 11 is 6.29. The first-order valence-electron chi connectivity index (χ1n) is 7.60. The van der Waals surface area contributed by atoms with Crippen LogP contribution in [0.15, 0.2) is 48.8 Å². The van der Waals surface area contributed by atoms with E-state index in [1.807, 2.05) is 24.3 Å². The van der Waals surface area contributed by atoms with Gasteiger partial charge in [0.1, 0.15) is 5.69 Å². The number of aromatic nitrogens is 4. The molecule has 1 amide bonds. The van der Waals surface area contributed by atoms with Crippen molar-refractivity contribution in [3.8, 4) is 16.9 Å². The molecule has 0 atom stereocenters. The van der Waals surface area contributed by atoms with E-state index in [4.69, 9.17) is 16.3 Å². The lowest BCUT2D eigenvalue weighted by molar-refractivity contribution is 0.0932. The number of pyridine rings is 1. The number of ether oxygens (including phenoxy) is 1. The molecule has 2 heterocycles. The van der Waals surface area contributed by atoms with Gasteiger partial charge < -0.3 is 10.1 Å². The summed E-state index contributed by atoms with van der Waals surface area (Å²) < 4.78 is 6.50. The van der Waals surface area contributed by atoms with Gasteiger partial charge in [-0.1, -0.05) is 28.9 Å². The summed E-state index contributed by atoms with van der Waals surface area (Å²) in [7, 11) is 1.57. The molecule has 3 aromatic rings. The predicted molar refractivity (Wildman–Crippen MR) is 93.8 cm³/mol. The highest BCUT2D eigenvalue weighted by atomic mass is 35.5. The molecule has 0 radical (unpaired) electrons. The summed E-state index contributed by atoms with van der Waals surface area (Å²) in [6, 6.07) is 10.9. The second-order valence-electron chi connectivity index (χ2n) is 5.14. The smallest absolute Gasteiger partial charge is 0.274 e. The Hall–Kier alpha value is -2.77. The first-order chi connectivity index (χ1) is 12.2. The van der Waals surface area contributed by atoms with Crippen molar-refractivity contribution >= 4 is 17.5 Å². The number of benzene rings is 1. The lowest BCUT2D eigenvalue weighted by Crippen LogP contribution is -2.27. The number of para-hydroxylation sites is 1. The summed E-state index contributed by atoms with van der Waals surface area (Å²) in [6.07, 6.45) is 3.31. The van der Waals surface area contributed by atoms with Crippen LogP contribution in [0, 0.1) is 0 Å².